The van der Waals surface area contributed by atoms with Crippen molar-refractivity contribution < 1.29 is 22.7 Å². The van der Waals surface area contributed by atoms with Gasteiger partial charge in [-0.25, -0.2) is 0 Å². The van der Waals surface area contributed by atoms with Gasteiger partial charge < -0.3 is 4.74 Å². The highest BCUT2D eigenvalue weighted by Crippen LogP contribution is 2.21. The molecule has 0 aliphatic carbocycles. The van der Waals surface area contributed by atoms with Gasteiger partial charge in [-0.2, -0.15) is 13.2 Å². The zero-order chi connectivity index (χ0) is 13.1. The van der Waals surface area contributed by atoms with E-state index in [-0.39, 0.29) is 18.8 Å². The number of alkyl halides is 3. The Bertz CT molecular complexity index is 274. The van der Waals surface area contributed by atoms with E-state index in [4.69, 9.17) is 4.74 Å². The topological polar surface area (TPSA) is 26.3 Å². The van der Waals surface area contributed by atoms with Crippen LogP contribution in [0.15, 0.2) is 0 Å². The van der Waals surface area contributed by atoms with E-state index in [1.165, 1.54) is 6.92 Å². The molecule has 0 heterocycles. The summed E-state index contributed by atoms with van der Waals surface area (Å²) in [7, 11) is 0. The van der Waals surface area contributed by atoms with Crippen LogP contribution in [0.3, 0.4) is 0 Å². The molecule has 98 valence electrons. The van der Waals surface area contributed by atoms with E-state index in [1.807, 2.05) is 0 Å². The number of hydrogen-bond donors (Lipinski definition) is 0. The summed E-state index contributed by atoms with van der Waals surface area (Å²) in [5.41, 5.74) is 0. The molecule has 0 amide bonds. The third-order valence-electron chi connectivity index (χ3n) is 1.89. The molecule has 0 saturated heterocycles. The fourth-order valence-corrected chi connectivity index (χ4v) is 1.09. The molecule has 0 atom stereocenters. The van der Waals surface area contributed by atoms with Crippen molar-refractivity contribution >= 4 is 5.97 Å². The summed E-state index contributed by atoms with van der Waals surface area (Å²) in [5.74, 6) is 5.20. The van der Waals surface area contributed by atoms with E-state index in [1.54, 1.807) is 0 Å². The first-order valence-electron chi connectivity index (χ1n) is 5.57. The van der Waals surface area contributed by atoms with Crippen LogP contribution in [0.5, 0.6) is 0 Å². The van der Waals surface area contributed by atoms with Crippen LogP contribution in [0, 0.1) is 11.8 Å². The maximum atomic E-state index is 11.7. The number of carbonyl (C=O) groups is 1. The van der Waals surface area contributed by atoms with Gasteiger partial charge in [0.25, 0.3) is 0 Å². The van der Waals surface area contributed by atoms with Crippen molar-refractivity contribution in [1.29, 1.82) is 0 Å². The molecule has 0 aromatic heterocycles. The highest BCUT2D eigenvalue weighted by Gasteiger charge is 2.25. The molecule has 0 fully saturated rings. The SMILES string of the molecule is CC(=O)OCCCCC#CCCCC(F)(F)F. The standard InChI is InChI=1S/C12H17F3O2/c1-11(16)17-10-8-6-4-2-3-5-7-9-12(13,14)15/h4-10H2,1H3. The third kappa shape index (κ3) is 14.8. The van der Waals surface area contributed by atoms with E-state index in [9.17, 15) is 18.0 Å². The Morgan fingerprint density at radius 2 is 1.71 bits per heavy atom. The largest absolute Gasteiger partial charge is 0.466 e. The van der Waals surface area contributed by atoms with Gasteiger partial charge >= 0.3 is 12.1 Å². The molecule has 2 nitrogen and oxygen atoms in total. The zero-order valence-corrected chi connectivity index (χ0v) is 9.90. The average Bonchev–Trinajstić information content (AvgIpc) is 2.18. The molecular formula is C12H17F3O2. The summed E-state index contributed by atoms with van der Waals surface area (Å²) in [5, 5.41) is 0. The molecule has 0 saturated carbocycles. The van der Waals surface area contributed by atoms with Gasteiger partial charge in [0, 0.05) is 26.2 Å². The lowest BCUT2D eigenvalue weighted by Gasteiger charge is -2.02. The number of ether oxygens (including phenoxy) is 1. The Morgan fingerprint density at radius 1 is 1.12 bits per heavy atom. The lowest BCUT2D eigenvalue weighted by molar-refractivity contribution is -0.141. The van der Waals surface area contributed by atoms with Crippen molar-refractivity contribution in [3.8, 4) is 11.8 Å². The molecule has 0 aliphatic rings. The molecule has 0 aliphatic heterocycles. The number of rotatable bonds is 6. The normalized spacial score (nSPS) is 10.6. The molecule has 0 radical (unpaired) electrons. The molecule has 17 heavy (non-hydrogen) atoms. The lowest BCUT2D eigenvalue weighted by atomic mass is 10.2. The summed E-state index contributed by atoms with van der Waals surface area (Å²) in [6.45, 7) is 1.73. The van der Waals surface area contributed by atoms with Crippen LogP contribution in [0.25, 0.3) is 0 Å². The average molecular weight is 250 g/mol. The van der Waals surface area contributed by atoms with Gasteiger partial charge in [0.05, 0.1) is 6.61 Å². The minimum atomic E-state index is -4.08. The zero-order valence-electron chi connectivity index (χ0n) is 9.90. The molecule has 0 aromatic rings. The predicted molar refractivity (Wildman–Crippen MR) is 58.2 cm³/mol. The number of carbonyl (C=O) groups excluding carboxylic acids is 1. The highest BCUT2D eigenvalue weighted by molar-refractivity contribution is 5.65. The molecule has 5 heteroatoms. The molecular weight excluding hydrogens is 233 g/mol. The van der Waals surface area contributed by atoms with E-state index >= 15 is 0 Å². The Hall–Kier alpha value is -1.18. The van der Waals surface area contributed by atoms with Crippen molar-refractivity contribution in [2.75, 3.05) is 6.61 Å². The first-order chi connectivity index (χ1) is 7.92. The van der Waals surface area contributed by atoms with Crippen molar-refractivity contribution in [2.24, 2.45) is 0 Å². The third-order valence-corrected chi connectivity index (χ3v) is 1.89. The predicted octanol–water partition coefficient (Wildman–Crippen LogP) is 3.46. The minimum absolute atomic E-state index is 0.0595. The van der Waals surface area contributed by atoms with Crippen LogP contribution < -0.4 is 0 Å². The fraction of sp³-hybridized carbons (Fsp3) is 0.750. The molecule has 0 rings (SSSR count). The van der Waals surface area contributed by atoms with E-state index in [2.05, 4.69) is 11.8 Å². The quantitative estimate of drug-likeness (QED) is 0.410. The van der Waals surface area contributed by atoms with Crippen LogP contribution >= 0.6 is 0 Å². The highest BCUT2D eigenvalue weighted by atomic mass is 19.4. The number of unbranched alkanes of at least 4 members (excludes halogenated alkanes) is 3. The van der Waals surface area contributed by atoms with Crippen molar-refractivity contribution in [1.82, 2.24) is 0 Å². The van der Waals surface area contributed by atoms with Gasteiger partial charge in [-0.15, -0.1) is 11.8 Å². The van der Waals surface area contributed by atoms with E-state index < -0.39 is 12.6 Å². The summed E-state index contributed by atoms with van der Waals surface area (Å²) in [6.07, 6.45) is -2.35. The number of hydrogen-bond acceptors (Lipinski definition) is 2. The van der Waals surface area contributed by atoms with Gasteiger partial charge in [0.15, 0.2) is 0 Å². The second-order valence-corrected chi connectivity index (χ2v) is 3.62. The van der Waals surface area contributed by atoms with E-state index in [0.29, 0.717) is 13.0 Å². The summed E-state index contributed by atoms with van der Waals surface area (Å²) in [6, 6.07) is 0. The Morgan fingerprint density at radius 3 is 2.24 bits per heavy atom. The Balaban J connectivity index is 3.29. The molecule has 0 N–H and O–H groups in total. The van der Waals surface area contributed by atoms with E-state index in [0.717, 1.165) is 12.8 Å². The van der Waals surface area contributed by atoms with Gasteiger partial charge in [-0.05, 0) is 19.3 Å². The number of esters is 1. The van der Waals surface area contributed by atoms with Crippen molar-refractivity contribution in [3.05, 3.63) is 0 Å². The van der Waals surface area contributed by atoms with Crippen LogP contribution in [0.1, 0.15) is 45.4 Å². The first-order valence-corrected chi connectivity index (χ1v) is 5.57. The van der Waals surface area contributed by atoms with Gasteiger partial charge in [0.1, 0.15) is 0 Å². The Kier molecular flexibility index (Phi) is 8.29. The van der Waals surface area contributed by atoms with Crippen LogP contribution in [0.4, 0.5) is 13.2 Å². The van der Waals surface area contributed by atoms with Crippen LogP contribution in [0.2, 0.25) is 0 Å². The summed E-state index contributed by atoms with van der Waals surface area (Å²) >= 11 is 0. The Labute approximate surface area is 99.5 Å². The van der Waals surface area contributed by atoms with Gasteiger partial charge in [-0.3, -0.25) is 4.79 Å². The maximum Gasteiger partial charge on any atom is 0.389 e. The molecule has 0 spiro atoms. The smallest absolute Gasteiger partial charge is 0.389 e. The second-order valence-electron chi connectivity index (χ2n) is 3.62. The van der Waals surface area contributed by atoms with Crippen molar-refractivity contribution in [3.63, 3.8) is 0 Å². The summed E-state index contributed by atoms with van der Waals surface area (Å²) < 4.78 is 40.0. The van der Waals surface area contributed by atoms with Crippen LogP contribution in [-0.4, -0.2) is 18.8 Å². The van der Waals surface area contributed by atoms with Gasteiger partial charge in [0.2, 0.25) is 0 Å². The fourth-order valence-electron chi connectivity index (χ4n) is 1.09. The monoisotopic (exact) mass is 250 g/mol. The molecule has 0 unspecified atom stereocenters. The minimum Gasteiger partial charge on any atom is -0.466 e. The molecule has 0 aromatic carbocycles. The summed E-state index contributed by atoms with van der Waals surface area (Å²) in [4.78, 5) is 10.4. The molecule has 0 bridgehead atoms. The lowest BCUT2D eigenvalue weighted by Crippen LogP contribution is -2.05. The maximum absolute atomic E-state index is 11.7. The number of halogens is 3. The van der Waals surface area contributed by atoms with Gasteiger partial charge in [-0.1, -0.05) is 0 Å². The second kappa shape index (κ2) is 8.91. The van der Waals surface area contributed by atoms with Crippen molar-refractivity contribution in [2.45, 2.75) is 51.6 Å². The van der Waals surface area contributed by atoms with Crippen LogP contribution in [-0.2, 0) is 9.53 Å². The first kappa shape index (κ1) is 15.8.